The van der Waals surface area contributed by atoms with Crippen LogP contribution >= 0.6 is 11.3 Å². The van der Waals surface area contributed by atoms with Crippen molar-refractivity contribution in [3.8, 4) is 67.5 Å². The minimum atomic E-state index is -0.587. The van der Waals surface area contributed by atoms with Gasteiger partial charge in [0.05, 0.1) is 10.8 Å². The second-order valence-corrected chi connectivity index (χ2v) is 21.0. The molecule has 4 aliphatic carbocycles. The highest BCUT2D eigenvalue weighted by atomic mass is 32.1. The molecule has 340 valence electrons. The van der Waals surface area contributed by atoms with Crippen LogP contribution in [0.2, 0.25) is 0 Å². The molecule has 2 heterocycles. The van der Waals surface area contributed by atoms with Crippen molar-refractivity contribution in [1.82, 2.24) is 15.0 Å². The lowest BCUT2D eigenvalue weighted by Gasteiger charge is -2.50. The smallest absolute Gasteiger partial charge is 0.164 e. The van der Waals surface area contributed by atoms with E-state index in [2.05, 4.69) is 231 Å². The van der Waals surface area contributed by atoms with Crippen LogP contribution in [0.4, 0.5) is 0 Å². The molecule has 0 aliphatic heterocycles. The van der Waals surface area contributed by atoms with Crippen LogP contribution in [0.5, 0.6) is 0 Å². The Morgan fingerprint density at radius 2 is 0.904 bits per heavy atom. The van der Waals surface area contributed by atoms with Crippen LogP contribution in [0.15, 0.2) is 248 Å². The predicted octanol–water partition coefficient (Wildman–Crippen LogP) is 17.4. The van der Waals surface area contributed by atoms with Gasteiger partial charge in [-0.2, -0.15) is 0 Å². The van der Waals surface area contributed by atoms with Crippen LogP contribution in [-0.2, 0) is 10.8 Å². The fraction of sp³-hybridized carbons (Fsp3) is 0.0580. The van der Waals surface area contributed by atoms with Gasteiger partial charge in [0.1, 0.15) is 0 Å². The Balaban J connectivity index is 1.02. The third-order valence-corrected chi connectivity index (χ3v) is 17.7. The average molecular weight is 946 g/mol. The summed E-state index contributed by atoms with van der Waals surface area (Å²) in [4.78, 5) is 16.1. The van der Waals surface area contributed by atoms with Crippen LogP contribution in [-0.4, -0.2) is 15.0 Å². The Hall–Kier alpha value is -8.83. The molecule has 73 heavy (non-hydrogen) atoms. The zero-order valence-electron chi connectivity index (χ0n) is 39.7. The fourth-order valence-corrected chi connectivity index (χ4v) is 15.0. The SMILES string of the molecule is C1=CC2=C(CC1)C1(c3ccccc3C23c2ccccc2-c2ccccc23)c2cccc(-c3ccccc3-c3nc(-c4ccccc4)nc(-c4cccc5ccccc45)n3)c2-c2c1ccc1sc3ccccc3c21. The Kier molecular flexibility index (Phi) is 8.58. The number of hydrogen-bond donors (Lipinski definition) is 0. The molecule has 1 atom stereocenters. The molecule has 0 bridgehead atoms. The zero-order chi connectivity index (χ0) is 47.8. The first-order chi connectivity index (χ1) is 36.2. The second kappa shape index (κ2) is 15.3. The predicted molar refractivity (Wildman–Crippen MR) is 301 cm³/mol. The molecule has 0 N–H and O–H groups in total. The summed E-state index contributed by atoms with van der Waals surface area (Å²) in [6.07, 6.45) is 6.87. The molecule has 3 nitrogen and oxygen atoms in total. The van der Waals surface area contributed by atoms with Crippen LogP contribution in [0.1, 0.15) is 46.2 Å². The largest absolute Gasteiger partial charge is 0.208 e. The number of benzene rings is 10. The van der Waals surface area contributed by atoms with Crippen molar-refractivity contribution in [2.24, 2.45) is 0 Å². The first-order valence-electron chi connectivity index (χ1n) is 25.4. The van der Waals surface area contributed by atoms with E-state index in [0.29, 0.717) is 17.5 Å². The summed E-state index contributed by atoms with van der Waals surface area (Å²) < 4.78 is 2.60. The van der Waals surface area contributed by atoms with E-state index in [0.717, 1.165) is 45.9 Å². The van der Waals surface area contributed by atoms with Gasteiger partial charge in [-0.15, -0.1) is 11.3 Å². The Morgan fingerprint density at radius 1 is 0.356 bits per heavy atom. The number of hydrogen-bond acceptors (Lipinski definition) is 4. The fourth-order valence-electron chi connectivity index (χ4n) is 13.8. The number of allylic oxidation sites excluding steroid dienone is 4. The van der Waals surface area contributed by atoms with Gasteiger partial charge in [0, 0.05) is 36.9 Å². The van der Waals surface area contributed by atoms with Crippen molar-refractivity contribution >= 4 is 42.3 Å². The van der Waals surface area contributed by atoms with E-state index >= 15 is 0 Å². The summed E-state index contributed by atoms with van der Waals surface area (Å²) in [6, 6.07) is 83.0. The lowest BCUT2D eigenvalue weighted by atomic mass is 9.51. The van der Waals surface area contributed by atoms with Gasteiger partial charge in [0.2, 0.25) is 0 Å². The summed E-state index contributed by atoms with van der Waals surface area (Å²) in [5.74, 6) is 1.94. The summed E-state index contributed by atoms with van der Waals surface area (Å²) in [6.45, 7) is 0. The van der Waals surface area contributed by atoms with Gasteiger partial charge in [-0.05, 0) is 114 Å². The molecule has 4 heteroatoms. The summed E-state index contributed by atoms with van der Waals surface area (Å²) >= 11 is 1.90. The average Bonchev–Trinajstić information content (AvgIpc) is 4.10. The van der Waals surface area contributed by atoms with Gasteiger partial charge >= 0.3 is 0 Å². The van der Waals surface area contributed by atoms with Gasteiger partial charge in [-0.3, -0.25) is 0 Å². The molecule has 0 saturated carbocycles. The monoisotopic (exact) mass is 945 g/mol. The van der Waals surface area contributed by atoms with Crippen molar-refractivity contribution in [2.75, 3.05) is 0 Å². The number of nitrogens with zero attached hydrogens (tertiary/aromatic N) is 3. The Morgan fingerprint density at radius 3 is 1.70 bits per heavy atom. The molecular weight excluding hydrogens is 903 g/mol. The first-order valence-corrected chi connectivity index (χ1v) is 26.2. The summed E-state index contributed by atoms with van der Waals surface area (Å²) in [7, 11) is 0. The maximum atomic E-state index is 5.47. The minimum Gasteiger partial charge on any atom is -0.208 e. The third kappa shape index (κ3) is 5.40. The summed E-state index contributed by atoms with van der Waals surface area (Å²) in [5, 5.41) is 4.88. The van der Waals surface area contributed by atoms with E-state index in [-0.39, 0.29) is 0 Å². The second-order valence-electron chi connectivity index (χ2n) is 19.9. The molecule has 4 aliphatic rings. The molecule has 10 aromatic carbocycles. The maximum Gasteiger partial charge on any atom is 0.164 e. The number of fused-ring (bicyclic) bond motifs is 20. The van der Waals surface area contributed by atoms with E-state index in [1.807, 2.05) is 17.4 Å². The molecule has 2 aromatic heterocycles. The molecule has 0 fully saturated rings. The quantitative estimate of drug-likeness (QED) is 0.176. The van der Waals surface area contributed by atoms with Gasteiger partial charge < -0.3 is 0 Å². The van der Waals surface area contributed by atoms with E-state index < -0.39 is 10.8 Å². The number of thiophene rings is 1. The highest BCUT2D eigenvalue weighted by molar-refractivity contribution is 7.26. The van der Waals surface area contributed by atoms with E-state index in [1.165, 1.54) is 92.5 Å². The van der Waals surface area contributed by atoms with Gasteiger partial charge in [-0.25, -0.2) is 15.0 Å². The van der Waals surface area contributed by atoms with Crippen molar-refractivity contribution in [1.29, 1.82) is 0 Å². The maximum absolute atomic E-state index is 5.47. The van der Waals surface area contributed by atoms with Crippen LogP contribution in [0, 0.1) is 0 Å². The normalized spacial score (nSPS) is 16.4. The topological polar surface area (TPSA) is 38.7 Å². The standard InChI is InChI=1S/C69H43N3S/c1-2-21-43(22-3-1)65-70-66(49-31-18-23-42-20-4-5-24-44(42)49)72-67(71-65)50-28-7-6-25-45(50)48-30-19-38-58-62(48)64-59(40-41-61-63(64)51-29-10-17-39-60(51)73-61)69(58)56-36-15-13-34-54(56)68(55-35-14-16-37-57(55)69)52-32-11-8-26-46(52)47-27-9-12-33-53(47)68/h1-15,17-36,38-41H,16,37H2. The highest BCUT2D eigenvalue weighted by Gasteiger charge is 2.60. The zero-order valence-corrected chi connectivity index (χ0v) is 40.5. The van der Waals surface area contributed by atoms with E-state index in [9.17, 15) is 0 Å². The van der Waals surface area contributed by atoms with Crippen LogP contribution in [0.3, 0.4) is 0 Å². The Bertz CT molecular complexity index is 4350. The Labute approximate surface area is 427 Å². The van der Waals surface area contributed by atoms with E-state index in [4.69, 9.17) is 15.0 Å². The minimum absolute atomic E-state index is 0.482. The highest BCUT2D eigenvalue weighted by Crippen LogP contribution is 2.70. The third-order valence-electron chi connectivity index (χ3n) is 16.5. The van der Waals surface area contributed by atoms with Gasteiger partial charge in [0.25, 0.3) is 0 Å². The van der Waals surface area contributed by atoms with Crippen LogP contribution in [0.25, 0.3) is 98.5 Å². The van der Waals surface area contributed by atoms with E-state index in [1.54, 1.807) is 0 Å². The van der Waals surface area contributed by atoms with Gasteiger partial charge in [0.15, 0.2) is 17.5 Å². The lowest BCUT2D eigenvalue weighted by Crippen LogP contribution is -2.44. The molecule has 16 rings (SSSR count). The molecular formula is C69H43N3S. The molecule has 0 saturated heterocycles. The molecule has 12 aromatic rings. The molecule has 0 amide bonds. The number of rotatable bonds is 4. The van der Waals surface area contributed by atoms with Gasteiger partial charge in [-0.1, -0.05) is 224 Å². The molecule has 1 unspecified atom stereocenters. The van der Waals surface area contributed by atoms with Crippen molar-refractivity contribution in [2.45, 2.75) is 23.7 Å². The van der Waals surface area contributed by atoms with Crippen molar-refractivity contribution < 1.29 is 0 Å². The van der Waals surface area contributed by atoms with Crippen LogP contribution < -0.4 is 0 Å². The summed E-state index contributed by atoms with van der Waals surface area (Å²) in [5.41, 5.74) is 20.4. The first kappa shape index (κ1) is 40.9. The number of aromatic nitrogens is 3. The van der Waals surface area contributed by atoms with Crippen molar-refractivity contribution in [3.63, 3.8) is 0 Å². The molecule has 2 spiro atoms. The molecule has 0 radical (unpaired) electrons. The lowest BCUT2D eigenvalue weighted by molar-refractivity contribution is 0.590. The van der Waals surface area contributed by atoms with Crippen molar-refractivity contribution in [3.05, 3.63) is 281 Å².